The van der Waals surface area contributed by atoms with E-state index in [2.05, 4.69) is 4.99 Å². The van der Waals surface area contributed by atoms with Crippen LogP contribution in [0.15, 0.2) is 47.5 Å². The van der Waals surface area contributed by atoms with Crippen LogP contribution in [0.1, 0.15) is 12.5 Å². The Morgan fingerprint density at radius 3 is 2.71 bits per heavy atom. The van der Waals surface area contributed by atoms with E-state index in [4.69, 9.17) is 16.3 Å². The van der Waals surface area contributed by atoms with Crippen LogP contribution in [0.25, 0.3) is 10.2 Å². The van der Waals surface area contributed by atoms with E-state index in [0.29, 0.717) is 34.3 Å². The predicted octanol–water partition coefficient (Wildman–Crippen LogP) is 3.97. The van der Waals surface area contributed by atoms with Crippen molar-refractivity contribution >= 4 is 44.7 Å². The van der Waals surface area contributed by atoms with Crippen LogP contribution in [0.3, 0.4) is 0 Å². The van der Waals surface area contributed by atoms with Gasteiger partial charge in [-0.3, -0.25) is 14.9 Å². The molecule has 0 saturated carbocycles. The summed E-state index contributed by atoms with van der Waals surface area (Å²) in [5.41, 5.74) is 1.61. The molecule has 0 aliphatic rings. The van der Waals surface area contributed by atoms with Crippen molar-refractivity contribution in [3.05, 3.63) is 68.0 Å². The second-order valence-corrected chi connectivity index (χ2v) is 7.40. The molecule has 0 aliphatic heterocycles. The number of benzene rings is 2. The Balaban J connectivity index is 1.97. The molecule has 0 unspecified atom stereocenters. The van der Waals surface area contributed by atoms with Crippen molar-refractivity contribution in [1.29, 1.82) is 0 Å². The third-order valence-corrected chi connectivity index (χ3v) is 5.32. The van der Waals surface area contributed by atoms with Crippen molar-refractivity contribution in [3.8, 4) is 0 Å². The first-order chi connectivity index (χ1) is 13.5. The van der Waals surface area contributed by atoms with Gasteiger partial charge in [0, 0.05) is 30.3 Å². The quantitative estimate of drug-likeness (QED) is 0.329. The first kappa shape index (κ1) is 20.2. The number of rotatable bonds is 7. The Kier molecular flexibility index (Phi) is 6.56. The highest BCUT2D eigenvalue weighted by Crippen LogP contribution is 2.23. The summed E-state index contributed by atoms with van der Waals surface area (Å²) in [7, 11) is 0. The zero-order valence-electron chi connectivity index (χ0n) is 15.1. The fourth-order valence-corrected chi connectivity index (χ4v) is 3.93. The highest BCUT2D eigenvalue weighted by molar-refractivity contribution is 7.16. The van der Waals surface area contributed by atoms with Crippen LogP contribution < -0.4 is 4.80 Å². The van der Waals surface area contributed by atoms with Gasteiger partial charge in [-0.05, 0) is 30.7 Å². The van der Waals surface area contributed by atoms with Crippen LogP contribution >= 0.6 is 22.9 Å². The number of non-ortho nitro benzene ring substituents is 1. The lowest BCUT2D eigenvalue weighted by Gasteiger charge is -2.05. The monoisotopic (exact) mass is 419 g/mol. The number of ether oxygens (including phenoxy) is 1. The zero-order valence-corrected chi connectivity index (χ0v) is 16.7. The van der Waals surface area contributed by atoms with Gasteiger partial charge >= 0.3 is 0 Å². The number of hydrogen-bond acceptors (Lipinski definition) is 5. The molecule has 28 heavy (non-hydrogen) atoms. The van der Waals surface area contributed by atoms with Crippen molar-refractivity contribution in [2.24, 2.45) is 4.99 Å². The summed E-state index contributed by atoms with van der Waals surface area (Å²) in [5.74, 6) is -0.298. The Morgan fingerprint density at radius 2 is 2.04 bits per heavy atom. The van der Waals surface area contributed by atoms with Gasteiger partial charge in [-0.1, -0.05) is 35.1 Å². The lowest BCUT2D eigenvalue weighted by Crippen LogP contribution is -2.20. The predicted molar refractivity (Wildman–Crippen MR) is 109 cm³/mol. The molecule has 146 valence electrons. The van der Waals surface area contributed by atoms with Crippen molar-refractivity contribution in [1.82, 2.24) is 4.57 Å². The molecule has 0 fully saturated rings. The van der Waals surface area contributed by atoms with Crippen LogP contribution in [-0.4, -0.2) is 28.6 Å². The number of carbonyl (C=O) groups excluding carboxylic acids is 1. The lowest BCUT2D eigenvalue weighted by molar-refractivity contribution is -0.384. The highest BCUT2D eigenvalue weighted by Gasteiger charge is 2.13. The summed E-state index contributed by atoms with van der Waals surface area (Å²) in [6, 6.07) is 11.7. The SMILES string of the molecule is CCOCCn1c(=NC(=O)Cc2ccc(Cl)cc2)sc2cc([N+](=O)[O-])ccc21. The molecule has 0 aliphatic carbocycles. The molecule has 0 N–H and O–H groups in total. The smallest absolute Gasteiger partial charge is 0.270 e. The average molecular weight is 420 g/mol. The number of hydrogen-bond donors (Lipinski definition) is 0. The molecule has 1 amide bonds. The molecule has 9 heteroatoms. The van der Waals surface area contributed by atoms with Crippen LogP contribution in [0, 0.1) is 10.1 Å². The number of carbonyl (C=O) groups is 1. The van der Waals surface area contributed by atoms with E-state index in [1.165, 1.54) is 23.5 Å². The highest BCUT2D eigenvalue weighted by atomic mass is 35.5. The van der Waals surface area contributed by atoms with Crippen molar-refractivity contribution in [3.63, 3.8) is 0 Å². The number of nitrogens with zero attached hydrogens (tertiary/aromatic N) is 3. The van der Waals surface area contributed by atoms with Gasteiger partial charge in [0.1, 0.15) is 0 Å². The lowest BCUT2D eigenvalue weighted by atomic mass is 10.1. The Labute approximate surface area is 170 Å². The van der Waals surface area contributed by atoms with Gasteiger partial charge < -0.3 is 9.30 Å². The van der Waals surface area contributed by atoms with Gasteiger partial charge in [0.25, 0.3) is 11.6 Å². The Bertz CT molecular complexity index is 1070. The van der Waals surface area contributed by atoms with E-state index >= 15 is 0 Å². The van der Waals surface area contributed by atoms with Crippen LogP contribution in [0.5, 0.6) is 0 Å². The second kappa shape index (κ2) is 9.09. The summed E-state index contributed by atoms with van der Waals surface area (Å²) in [6.45, 7) is 3.44. The molecule has 3 aromatic rings. The first-order valence-electron chi connectivity index (χ1n) is 8.65. The molecule has 0 atom stereocenters. The van der Waals surface area contributed by atoms with E-state index in [1.807, 2.05) is 11.5 Å². The number of aromatic nitrogens is 1. The van der Waals surface area contributed by atoms with E-state index in [9.17, 15) is 14.9 Å². The molecule has 0 radical (unpaired) electrons. The molecule has 3 rings (SSSR count). The van der Waals surface area contributed by atoms with Crippen LogP contribution in [0.2, 0.25) is 5.02 Å². The number of amides is 1. The normalized spacial score (nSPS) is 11.9. The number of halogens is 1. The molecule has 1 aromatic heterocycles. The van der Waals surface area contributed by atoms with Gasteiger partial charge in [0.2, 0.25) is 0 Å². The minimum Gasteiger partial charge on any atom is -0.380 e. The van der Waals surface area contributed by atoms with Gasteiger partial charge in [0.05, 0.1) is 28.2 Å². The van der Waals surface area contributed by atoms with Gasteiger partial charge in [-0.2, -0.15) is 4.99 Å². The summed E-state index contributed by atoms with van der Waals surface area (Å²) in [4.78, 5) is 27.8. The van der Waals surface area contributed by atoms with Gasteiger partial charge in [-0.25, -0.2) is 0 Å². The third kappa shape index (κ3) is 4.83. The van der Waals surface area contributed by atoms with E-state index in [-0.39, 0.29) is 18.0 Å². The molecule has 0 saturated heterocycles. The molecule has 0 bridgehead atoms. The second-order valence-electron chi connectivity index (χ2n) is 5.95. The van der Waals surface area contributed by atoms with E-state index < -0.39 is 4.92 Å². The van der Waals surface area contributed by atoms with Gasteiger partial charge in [0.15, 0.2) is 4.80 Å². The average Bonchev–Trinajstić information content (AvgIpc) is 3.00. The van der Waals surface area contributed by atoms with Crippen LogP contribution in [0.4, 0.5) is 5.69 Å². The summed E-state index contributed by atoms with van der Waals surface area (Å²) in [6.07, 6.45) is 0.150. The third-order valence-electron chi connectivity index (χ3n) is 4.03. The minimum absolute atomic E-state index is 0.00440. The molecular weight excluding hydrogens is 402 g/mol. The molecule has 0 spiro atoms. The maximum Gasteiger partial charge on any atom is 0.270 e. The number of fused-ring (bicyclic) bond motifs is 1. The van der Waals surface area contributed by atoms with Crippen molar-refractivity contribution in [2.75, 3.05) is 13.2 Å². The van der Waals surface area contributed by atoms with E-state index in [1.54, 1.807) is 30.3 Å². The maximum absolute atomic E-state index is 12.5. The minimum atomic E-state index is -0.438. The molecule has 7 nitrogen and oxygen atoms in total. The standard InChI is InChI=1S/C19H18ClN3O4S/c1-2-27-10-9-22-16-8-7-15(23(25)26)12-17(16)28-19(22)21-18(24)11-13-3-5-14(20)6-4-13/h3-8,12H,2,9-11H2,1H3. The number of nitro benzene ring substituents is 1. The topological polar surface area (TPSA) is 86.7 Å². The summed E-state index contributed by atoms with van der Waals surface area (Å²) >= 11 is 7.12. The largest absolute Gasteiger partial charge is 0.380 e. The van der Waals surface area contributed by atoms with Crippen molar-refractivity contribution < 1.29 is 14.5 Å². The molecule has 2 aromatic carbocycles. The summed E-state index contributed by atoms with van der Waals surface area (Å²) < 4.78 is 7.98. The number of thiazole rings is 1. The van der Waals surface area contributed by atoms with Gasteiger partial charge in [-0.15, -0.1) is 0 Å². The van der Waals surface area contributed by atoms with Crippen LogP contribution in [-0.2, 0) is 22.5 Å². The number of nitro groups is 1. The zero-order chi connectivity index (χ0) is 20.1. The Morgan fingerprint density at radius 1 is 1.29 bits per heavy atom. The first-order valence-corrected chi connectivity index (χ1v) is 9.85. The fraction of sp³-hybridized carbons (Fsp3) is 0.263. The summed E-state index contributed by atoms with van der Waals surface area (Å²) in [5, 5.41) is 11.7. The maximum atomic E-state index is 12.5. The van der Waals surface area contributed by atoms with E-state index in [0.717, 1.165) is 11.1 Å². The molecule has 1 heterocycles. The molecular formula is C19H18ClN3O4S. The van der Waals surface area contributed by atoms with Crippen molar-refractivity contribution in [2.45, 2.75) is 19.9 Å². The Hall–Kier alpha value is -2.55. The fourth-order valence-electron chi connectivity index (χ4n) is 2.70.